The molecular weight excluding hydrogens is 358 g/mol. The summed E-state index contributed by atoms with van der Waals surface area (Å²) in [6, 6.07) is 16.2. The highest BCUT2D eigenvalue weighted by molar-refractivity contribution is 7.91. The summed E-state index contributed by atoms with van der Waals surface area (Å²) in [5, 5.41) is 0. The number of sulfonamides is 1. The second-order valence-corrected chi connectivity index (χ2v) is 9.31. The first kappa shape index (κ1) is 18.3. The van der Waals surface area contributed by atoms with Crippen molar-refractivity contribution in [3.05, 3.63) is 59.7 Å². The van der Waals surface area contributed by atoms with E-state index >= 15 is 0 Å². The van der Waals surface area contributed by atoms with Crippen LogP contribution in [0, 0.1) is 6.92 Å². The third-order valence-electron chi connectivity index (χ3n) is 5.49. The van der Waals surface area contributed by atoms with E-state index in [1.54, 1.807) is 0 Å². The molecule has 5 nitrogen and oxygen atoms in total. The Labute approximate surface area is 162 Å². The third kappa shape index (κ3) is 4.62. The van der Waals surface area contributed by atoms with E-state index in [0.29, 0.717) is 5.69 Å². The number of benzene rings is 2. The van der Waals surface area contributed by atoms with Crippen molar-refractivity contribution < 1.29 is 8.42 Å². The smallest absolute Gasteiger partial charge is 0.236 e. The summed E-state index contributed by atoms with van der Waals surface area (Å²) in [6.07, 6.45) is 2.72. The van der Waals surface area contributed by atoms with Crippen LogP contribution in [0.15, 0.2) is 48.5 Å². The molecule has 1 heterocycles. The summed E-state index contributed by atoms with van der Waals surface area (Å²) >= 11 is 0. The highest BCUT2D eigenvalue weighted by Crippen LogP contribution is 2.29. The second-order valence-electron chi connectivity index (χ2n) is 7.59. The molecule has 2 aromatic carbocycles. The monoisotopic (exact) mass is 385 g/mol. The Balaban J connectivity index is 1.36. The third-order valence-corrected chi connectivity index (χ3v) is 6.73. The molecule has 1 N–H and O–H groups in total. The van der Waals surface area contributed by atoms with Gasteiger partial charge in [-0.15, -0.1) is 0 Å². The highest BCUT2D eigenvalue weighted by Gasteiger charge is 2.31. The Morgan fingerprint density at radius 2 is 1.63 bits per heavy atom. The van der Waals surface area contributed by atoms with Gasteiger partial charge in [-0.05, 0) is 55.2 Å². The van der Waals surface area contributed by atoms with E-state index in [9.17, 15) is 8.42 Å². The van der Waals surface area contributed by atoms with E-state index in [1.807, 2.05) is 55.5 Å². The summed E-state index contributed by atoms with van der Waals surface area (Å²) in [5.74, 6) is -0.00937. The molecule has 4 rings (SSSR count). The van der Waals surface area contributed by atoms with Crippen LogP contribution in [0.2, 0.25) is 0 Å². The maximum absolute atomic E-state index is 12.5. The number of aryl methyl sites for hydroxylation is 1. The molecule has 1 saturated heterocycles. The first-order valence-corrected chi connectivity index (χ1v) is 11.3. The van der Waals surface area contributed by atoms with Gasteiger partial charge in [-0.2, -0.15) is 0 Å². The van der Waals surface area contributed by atoms with E-state index in [0.717, 1.165) is 49.0 Å². The zero-order valence-corrected chi connectivity index (χ0v) is 16.6. The fourth-order valence-corrected chi connectivity index (χ4v) is 5.02. The maximum atomic E-state index is 12.5. The lowest BCUT2D eigenvalue weighted by Gasteiger charge is -2.36. The molecule has 2 aliphatic rings. The molecule has 2 fully saturated rings. The molecule has 0 bridgehead atoms. The van der Waals surface area contributed by atoms with Gasteiger partial charge < -0.3 is 4.90 Å². The topological polar surface area (TPSA) is 52.7 Å². The van der Waals surface area contributed by atoms with Crippen molar-refractivity contribution in [2.75, 3.05) is 35.8 Å². The Hall–Kier alpha value is -2.05. The van der Waals surface area contributed by atoms with Crippen LogP contribution in [0.5, 0.6) is 0 Å². The standard InChI is InChI=1S/C21H27N3O2S/c1-17-4-2-3-5-18(17)16-27(25,26)22-19-6-8-20(9-7-19)23-12-14-24(15-13-23)21-10-11-21/h2-9,21-22H,10-16H2,1H3. The largest absolute Gasteiger partial charge is 0.369 e. The summed E-state index contributed by atoms with van der Waals surface area (Å²) in [4.78, 5) is 4.97. The average Bonchev–Trinajstić information content (AvgIpc) is 3.49. The minimum atomic E-state index is -3.43. The lowest BCUT2D eigenvalue weighted by Crippen LogP contribution is -2.47. The summed E-state index contributed by atoms with van der Waals surface area (Å²) in [5.41, 5.74) is 3.59. The van der Waals surface area contributed by atoms with Crippen molar-refractivity contribution in [3.8, 4) is 0 Å². The predicted molar refractivity (Wildman–Crippen MR) is 111 cm³/mol. The van der Waals surface area contributed by atoms with Crippen molar-refractivity contribution in [1.82, 2.24) is 4.90 Å². The number of nitrogens with one attached hydrogen (secondary N) is 1. The van der Waals surface area contributed by atoms with Gasteiger partial charge in [-0.3, -0.25) is 9.62 Å². The van der Waals surface area contributed by atoms with Gasteiger partial charge in [0.15, 0.2) is 0 Å². The molecule has 0 aromatic heterocycles. The molecule has 0 atom stereocenters. The van der Waals surface area contributed by atoms with Crippen molar-refractivity contribution in [1.29, 1.82) is 0 Å². The number of rotatable bonds is 6. The van der Waals surface area contributed by atoms with Crippen LogP contribution >= 0.6 is 0 Å². The summed E-state index contributed by atoms with van der Waals surface area (Å²) in [6.45, 7) is 6.25. The first-order valence-electron chi connectivity index (χ1n) is 9.64. The molecular formula is C21H27N3O2S. The molecule has 0 spiro atoms. The number of piperazine rings is 1. The van der Waals surface area contributed by atoms with Gasteiger partial charge in [0.05, 0.1) is 5.75 Å². The predicted octanol–water partition coefficient (Wildman–Crippen LogP) is 3.22. The molecule has 1 aliphatic heterocycles. The van der Waals surface area contributed by atoms with Gasteiger partial charge in [0.25, 0.3) is 0 Å². The Bertz CT molecular complexity index is 884. The maximum Gasteiger partial charge on any atom is 0.236 e. The van der Waals surface area contributed by atoms with Gasteiger partial charge in [0.2, 0.25) is 10.0 Å². The van der Waals surface area contributed by atoms with Gasteiger partial charge in [0.1, 0.15) is 0 Å². The second kappa shape index (κ2) is 7.52. The van der Waals surface area contributed by atoms with Gasteiger partial charge >= 0.3 is 0 Å². The van der Waals surface area contributed by atoms with Crippen LogP contribution in [-0.2, 0) is 15.8 Å². The normalized spacial score (nSPS) is 18.5. The van der Waals surface area contributed by atoms with Gasteiger partial charge in [0, 0.05) is 43.6 Å². The SMILES string of the molecule is Cc1ccccc1CS(=O)(=O)Nc1ccc(N2CCN(C3CC3)CC2)cc1. The minimum Gasteiger partial charge on any atom is -0.369 e. The molecule has 0 unspecified atom stereocenters. The zero-order chi connectivity index (χ0) is 18.9. The van der Waals surface area contributed by atoms with Crippen LogP contribution in [0.4, 0.5) is 11.4 Å². The lowest BCUT2D eigenvalue weighted by atomic mass is 10.1. The van der Waals surface area contributed by atoms with Crippen LogP contribution in [0.1, 0.15) is 24.0 Å². The zero-order valence-electron chi connectivity index (χ0n) is 15.8. The van der Waals surface area contributed by atoms with E-state index in [1.165, 1.54) is 12.8 Å². The Morgan fingerprint density at radius 1 is 0.963 bits per heavy atom. The average molecular weight is 386 g/mol. The van der Waals surface area contributed by atoms with Crippen molar-refractivity contribution >= 4 is 21.4 Å². The summed E-state index contributed by atoms with van der Waals surface area (Å²) < 4.78 is 27.7. The molecule has 27 heavy (non-hydrogen) atoms. The van der Waals surface area contributed by atoms with Gasteiger partial charge in [-0.1, -0.05) is 24.3 Å². The van der Waals surface area contributed by atoms with Gasteiger partial charge in [-0.25, -0.2) is 8.42 Å². The fourth-order valence-electron chi connectivity index (χ4n) is 3.72. The van der Waals surface area contributed by atoms with Crippen molar-refractivity contribution in [3.63, 3.8) is 0 Å². The van der Waals surface area contributed by atoms with Crippen LogP contribution in [0.25, 0.3) is 0 Å². The molecule has 1 saturated carbocycles. The first-order chi connectivity index (χ1) is 13.0. The molecule has 2 aromatic rings. The molecule has 0 amide bonds. The number of hydrogen-bond acceptors (Lipinski definition) is 4. The molecule has 1 aliphatic carbocycles. The van der Waals surface area contributed by atoms with Crippen molar-refractivity contribution in [2.45, 2.75) is 31.6 Å². The fraction of sp³-hybridized carbons (Fsp3) is 0.429. The van der Waals surface area contributed by atoms with Crippen LogP contribution in [-0.4, -0.2) is 45.5 Å². The molecule has 0 radical (unpaired) electrons. The number of hydrogen-bond donors (Lipinski definition) is 1. The van der Waals surface area contributed by atoms with Crippen LogP contribution < -0.4 is 9.62 Å². The Morgan fingerprint density at radius 3 is 2.26 bits per heavy atom. The Kier molecular flexibility index (Phi) is 5.10. The highest BCUT2D eigenvalue weighted by atomic mass is 32.2. The molecule has 144 valence electrons. The number of nitrogens with zero attached hydrogens (tertiary/aromatic N) is 2. The minimum absolute atomic E-state index is 0.00937. The number of anilines is 2. The quantitative estimate of drug-likeness (QED) is 0.830. The van der Waals surface area contributed by atoms with E-state index in [2.05, 4.69) is 14.5 Å². The van der Waals surface area contributed by atoms with Crippen LogP contribution in [0.3, 0.4) is 0 Å². The summed E-state index contributed by atoms with van der Waals surface area (Å²) in [7, 11) is -3.43. The van der Waals surface area contributed by atoms with E-state index in [-0.39, 0.29) is 5.75 Å². The van der Waals surface area contributed by atoms with E-state index < -0.39 is 10.0 Å². The van der Waals surface area contributed by atoms with Crippen molar-refractivity contribution in [2.24, 2.45) is 0 Å². The lowest BCUT2D eigenvalue weighted by molar-refractivity contribution is 0.248. The van der Waals surface area contributed by atoms with E-state index in [4.69, 9.17) is 0 Å². The molecule has 6 heteroatoms.